The van der Waals surface area contributed by atoms with Gasteiger partial charge in [-0.1, -0.05) is 45.2 Å². The first-order valence-corrected chi connectivity index (χ1v) is 11.0. The van der Waals surface area contributed by atoms with Crippen molar-refractivity contribution >= 4 is 75.0 Å². The second kappa shape index (κ2) is 7.16. The number of alkyl halides is 2. The van der Waals surface area contributed by atoms with Gasteiger partial charge in [0.25, 0.3) is 0 Å². The van der Waals surface area contributed by atoms with Crippen LogP contribution in [0.5, 0.6) is 0 Å². The van der Waals surface area contributed by atoms with E-state index in [1.54, 1.807) is 0 Å². The lowest BCUT2D eigenvalue weighted by Gasteiger charge is -2.10. The van der Waals surface area contributed by atoms with Crippen molar-refractivity contribution < 1.29 is 0 Å². The van der Waals surface area contributed by atoms with Crippen molar-refractivity contribution in [3.05, 3.63) is 22.4 Å². The highest BCUT2D eigenvalue weighted by Crippen LogP contribution is 2.37. The monoisotopic (exact) mass is 447 g/mol. The van der Waals surface area contributed by atoms with Crippen molar-refractivity contribution in [2.45, 2.75) is 48.7 Å². The first-order chi connectivity index (χ1) is 10.2. The van der Waals surface area contributed by atoms with E-state index < -0.39 is 0 Å². The van der Waals surface area contributed by atoms with Crippen LogP contribution in [0.15, 0.2) is 16.8 Å². The Morgan fingerprint density at radius 1 is 1.14 bits per heavy atom. The predicted octanol–water partition coefficient (Wildman–Crippen LogP) is 7.09. The molecule has 0 aliphatic rings. The lowest BCUT2D eigenvalue weighted by atomic mass is 10.1. The molecule has 1 N–H and O–H groups in total. The van der Waals surface area contributed by atoms with Crippen molar-refractivity contribution in [2.24, 2.45) is 0 Å². The molecule has 0 fully saturated rings. The first-order valence-electron chi connectivity index (χ1n) is 7.42. The molecule has 0 saturated carbocycles. The third-order valence-electron chi connectivity index (χ3n) is 3.92. The summed E-state index contributed by atoms with van der Waals surface area (Å²) < 4.78 is 2.85. The maximum absolute atomic E-state index is 3.87. The Bertz CT molecular complexity index is 712. The van der Waals surface area contributed by atoms with Gasteiger partial charge in [-0.15, -0.1) is 22.7 Å². The summed E-state index contributed by atoms with van der Waals surface area (Å²) in [6, 6.07) is 2.18. The Morgan fingerprint density at radius 2 is 1.95 bits per heavy atom. The maximum atomic E-state index is 3.87. The van der Waals surface area contributed by atoms with Crippen LogP contribution in [0.3, 0.4) is 0 Å². The Morgan fingerprint density at radius 3 is 2.76 bits per heavy atom. The zero-order valence-corrected chi connectivity index (χ0v) is 16.8. The van der Waals surface area contributed by atoms with E-state index in [1.807, 2.05) is 22.7 Å². The standard InChI is InChI=1S/C16H19Br2NS2/c1-2-11(17)4-3-5-12(18)8-10-9-21-16-14(10)19-13-6-7-20-15(13)16/h6-7,9,11-12,19H,2-5,8H2,1H3. The maximum Gasteiger partial charge on any atom is 0.0701 e. The van der Waals surface area contributed by atoms with Crippen LogP contribution in [0, 0.1) is 0 Å². The summed E-state index contributed by atoms with van der Waals surface area (Å²) >= 11 is 11.3. The van der Waals surface area contributed by atoms with Crippen LogP contribution in [0.2, 0.25) is 0 Å². The smallest absolute Gasteiger partial charge is 0.0701 e. The van der Waals surface area contributed by atoms with Gasteiger partial charge in [-0.2, -0.15) is 0 Å². The van der Waals surface area contributed by atoms with E-state index in [0.29, 0.717) is 9.65 Å². The summed E-state index contributed by atoms with van der Waals surface area (Å²) in [6.45, 7) is 2.24. The number of aromatic amines is 1. The molecule has 0 bridgehead atoms. The Labute approximate surface area is 150 Å². The van der Waals surface area contributed by atoms with Gasteiger partial charge in [-0.25, -0.2) is 0 Å². The van der Waals surface area contributed by atoms with E-state index in [2.05, 4.69) is 60.6 Å². The molecule has 0 aliphatic heterocycles. The average Bonchev–Trinajstić information content (AvgIpc) is 3.12. The van der Waals surface area contributed by atoms with E-state index in [0.717, 1.165) is 6.42 Å². The van der Waals surface area contributed by atoms with Gasteiger partial charge < -0.3 is 4.98 Å². The largest absolute Gasteiger partial charge is 0.353 e. The Balaban J connectivity index is 1.64. The second-order valence-electron chi connectivity index (χ2n) is 5.49. The number of aromatic nitrogens is 1. The summed E-state index contributed by atoms with van der Waals surface area (Å²) in [5.41, 5.74) is 4.11. The summed E-state index contributed by atoms with van der Waals surface area (Å²) in [5, 5.41) is 4.49. The number of halogens is 2. The van der Waals surface area contributed by atoms with Gasteiger partial charge in [0, 0.05) is 9.65 Å². The molecule has 5 heteroatoms. The van der Waals surface area contributed by atoms with Gasteiger partial charge in [-0.3, -0.25) is 0 Å². The van der Waals surface area contributed by atoms with Crippen molar-refractivity contribution in [2.75, 3.05) is 0 Å². The van der Waals surface area contributed by atoms with Crippen molar-refractivity contribution in [1.29, 1.82) is 0 Å². The molecule has 0 spiro atoms. The van der Waals surface area contributed by atoms with Crippen molar-refractivity contribution in [3.8, 4) is 0 Å². The Hall–Kier alpha value is 0.160. The number of H-pyrrole nitrogens is 1. The molecule has 2 atom stereocenters. The number of hydrogen-bond donors (Lipinski definition) is 1. The van der Waals surface area contributed by atoms with Gasteiger partial charge >= 0.3 is 0 Å². The highest BCUT2D eigenvalue weighted by molar-refractivity contribution is 9.09. The van der Waals surface area contributed by atoms with Gasteiger partial charge in [0.15, 0.2) is 0 Å². The third kappa shape index (κ3) is 3.57. The average molecular weight is 449 g/mol. The van der Waals surface area contributed by atoms with Crippen molar-refractivity contribution in [1.82, 2.24) is 4.98 Å². The highest BCUT2D eigenvalue weighted by atomic mass is 79.9. The fourth-order valence-corrected chi connectivity index (χ4v) is 5.74. The van der Waals surface area contributed by atoms with Crippen LogP contribution >= 0.6 is 54.5 Å². The third-order valence-corrected chi connectivity index (χ3v) is 7.91. The van der Waals surface area contributed by atoms with Crippen LogP contribution in [-0.4, -0.2) is 14.6 Å². The van der Waals surface area contributed by atoms with E-state index >= 15 is 0 Å². The van der Waals surface area contributed by atoms with E-state index in [-0.39, 0.29) is 0 Å². The lowest BCUT2D eigenvalue weighted by molar-refractivity contribution is 0.635. The second-order valence-corrected chi connectivity index (χ2v) is 9.88. The first kappa shape index (κ1) is 16.0. The molecule has 1 nitrogen and oxygen atoms in total. The summed E-state index contributed by atoms with van der Waals surface area (Å²) in [4.78, 5) is 4.85. The van der Waals surface area contributed by atoms with Crippen molar-refractivity contribution in [3.63, 3.8) is 0 Å². The molecule has 0 amide bonds. The molecule has 0 aromatic carbocycles. The Kier molecular flexibility index (Phi) is 5.46. The number of fused-ring (bicyclic) bond motifs is 3. The molecule has 114 valence electrons. The van der Waals surface area contributed by atoms with Crippen LogP contribution in [0.1, 0.15) is 38.2 Å². The number of thiophene rings is 2. The van der Waals surface area contributed by atoms with Crippen LogP contribution in [0.25, 0.3) is 20.4 Å². The molecule has 0 aliphatic carbocycles. The predicted molar refractivity (Wildman–Crippen MR) is 105 cm³/mol. The summed E-state index contributed by atoms with van der Waals surface area (Å²) in [6.07, 6.45) is 6.14. The SMILES string of the molecule is CCC(Br)CCCC(Br)Cc1csc2c1[nH]c1ccsc12. The number of rotatable bonds is 7. The van der Waals surface area contributed by atoms with E-state index in [9.17, 15) is 0 Å². The zero-order valence-electron chi connectivity index (χ0n) is 12.0. The molecule has 0 saturated heterocycles. The molecule has 3 rings (SSSR count). The summed E-state index contributed by atoms with van der Waals surface area (Å²) in [5.74, 6) is 0. The topological polar surface area (TPSA) is 15.8 Å². The quantitative estimate of drug-likeness (QED) is 0.371. The van der Waals surface area contributed by atoms with E-state index in [1.165, 1.54) is 51.7 Å². The molecule has 0 radical (unpaired) electrons. The fourth-order valence-electron chi connectivity index (χ4n) is 2.67. The molecule has 21 heavy (non-hydrogen) atoms. The summed E-state index contributed by atoms with van der Waals surface area (Å²) in [7, 11) is 0. The normalized spacial score (nSPS) is 15.0. The lowest BCUT2D eigenvalue weighted by Crippen LogP contribution is -2.04. The van der Waals surface area contributed by atoms with Crippen LogP contribution in [0.4, 0.5) is 0 Å². The highest BCUT2D eigenvalue weighted by Gasteiger charge is 2.14. The minimum atomic E-state index is 0.577. The van der Waals surface area contributed by atoms with Gasteiger partial charge in [0.2, 0.25) is 0 Å². The molecular formula is C16H19Br2NS2. The molecule has 3 aromatic heterocycles. The molecular weight excluding hydrogens is 430 g/mol. The number of nitrogens with one attached hydrogen (secondary N) is 1. The fraction of sp³-hybridized carbons (Fsp3) is 0.500. The van der Waals surface area contributed by atoms with Crippen LogP contribution in [-0.2, 0) is 6.42 Å². The minimum absolute atomic E-state index is 0.577. The van der Waals surface area contributed by atoms with Gasteiger partial charge in [0.1, 0.15) is 0 Å². The zero-order chi connectivity index (χ0) is 14.8. The van der Waals surface area contributed by atoms with Gasteiger partial charge in [-0.05, 0) is 48.1 Å². The molecule has 3 aromatic rings. The van der Waals surface area contributed by atoms with Gasteiger partial charge in [0.05, 0.1) is 20.4 Å². The number of hydrogen-bond acceptors (Lipinski definition) is 2. The molecule has 3 heterocycles. The molecule has 2 unspecified atom stereocenters. The van der Waals surface area contributed by atoms with Crippen LogP contribution < -0.4 is 0 Å². The van der Waals surface area contributed by atoms with E-state index in [4.69, 9.17) is 0 Å². The minimum Gasteiger partial charge on any atom is -0.353 e.